The van der Waals surface area contributed by atoms with Gasteiger partial charge in [0.2, 0.25) is 6.29 Å². The molecule has 5 heteroatoms. The number of aldehydes is 1. The molecule has 3 rings (SSSR count). The molecule has 0 aliphatic rings. The molecule has 0 saturated heterocycles. The molecule has 0 aliphatic heterocycles. The van der Waals surface area contributed by atoms with Gasteiger partial charge in [0, 0.05) is 11.1 Å². The minimum atomic E-state index is 0.0432. The quantitative estimate of drug-likeness (QED) is 0.670. The van der Waals surface area contributed by atoms with E-state index in [0.29, 0.717) is 17.7 Å². The average Bonchev–Trinajstić information content (AvgIpc) is 3.06. The Morgan fingerprint density at radius 1 is 0.870 bits per heavy atom. The monoisotopic (exact) mass is 309 g/mol. The molecule has 5 nitrogen and oxygen atoms in total. The number of ether oxygens (including phenoxy) is 2. The van der Waals surface area contributed by atoms with E-state index >= 15 is 0 Å². The molecule has 0 saturated carbocycles. The van der Waals surface area contributed by atoms with Gasteiger partial charge < -0.3 is 13.9 Å². The number of rotatable bonds is 5. The molecule has 116 valence electrons. The van der Waals surface area contributed by atoms with Crippen molar-refractivity contribution in [1.29, 1.82) is 0 Å². The lowest BCUT2D eigenvalue weighted by molar-refractivity contribution is 0.109. The van der Waals surface area contributed by atoms with Gasteiger partial charge >= 0.3 is 0 Å². The highest BCUT2D eigenvalue weighted by atomic mass is 16.5. The normalized spacial score (nSPS) is 10.3. The van der Waals surface area contributed by atoms with Crippen LogP contribution in [0.15, 0.2) is 52.9 Å². The van der Waals surface area contributed by atoms with E-state index in [9.17, 15) is 4.79 Å². The Hall–Kier alpha value is -3.08. The first-order valence-corrected chi connectivity index (χ1v) is 7.00. The van der Waals surface area contributed by atoms with Crippen LogP contribution in [0.3, 0.4) is 0 Å². The van der Waals surface area contributed by atoms with Crippen LogP contribution in [-0.2, 0) is 0 Å². The van der Waals surface area contributed by atoms with E-state index in [1.807, 2.05) is 48.5 Å². The fraction of sp³-hybridized carbons (Fsp3) is 0.111. The Balaban J connectivity index is 2.08. The molecule has 0 spiro atoms. The first-order valence-electron chi connectivity index (χ1n) is 7.00. The van der Waals surface area contributed by atoms with Crippen LogP contribution in [-0.4, -0.2) is 25.5 Å². The van der Waals surface area contributed by atoms with Crippen molar-refractivity contribution in [3.63, 3.8) is 0 Å². The highest BCUT2D eigenvalue weighted by Crippen LogP contribution is 2.33. The second-order valence-electron chi connectivity index (χ2n) is 4.80. The Kier molecular flexibility index (Phi) is 4.10. The van der Waals surface area contributed by atoms with Crippen LogP contribution >= 0.6 is 0 Å². The van der Waals surface area contributed by atoms with Gasteiger partial charge in [0.1, 0.15) is 17.2 Å². The van der Waals surface area contributed by atoms with Gasteiger partial charge in [-0.25, -0.2) is 4.98 Å². The third-order valence-corrected chi connectivity index (χ3v) is 3.46. The molecule has 0 fully saturated rings. The lowest BCUT2D eigenvalue weighted by Gasteiger charge is -2.04. The van der Waals surface area contributed by atoms with E-state index in [1.165, 1.54) is 0 Å². The lowest BCUT2D eigenvalue weighted by Crippen LogP contribution is -1.86. The molecule has 3 aromatic rings. The number of benzene rings is 2. The number of carbonyl (C=O) groups excluding carboxylic acids is 1. The van der Waals surface area contributed by atoms with Crippen LogP contribution in [0.4, 0.5) is 0 Å². The topological polar surface area (TPSA) is 61.6 Å². The van der Waals surface area contributed by atoms with Gasteiger partial charge in [-0.15, -0.1) is 0 Å². The van der Waals surface area contributed by atoms with Crippen LogP contribution in [0, 0.1) is 0 Å². The maximum Gasteiger partial charge on any atom is 0.260 e. The molecular formula is C18H15NO4. The van der Waals surface area contributed by atoms with Crippen molar-refractivity contribution < 1.29 is 18.7 Å². The Bertz CT molecular complexity index is 739. The summed E-state index contributed by atoms with van der Waals surface area (Å²) in [7, 11) is 3.22. The molecular weight excluding hydrogens is 294 g/mol. The predicted molar refractivity (Wildman–Crippen MR) is 85.9 cm³/mol. The zero-order chi connectivity index (χ0) is 16.2. The Morgan fingerprint density at radius 3 is 1.87 bits per heavy atom. The summed E-state index contributed by atoms with van der Waals surface area (Å²) in [4.78, 5) is 15.3. The second-order valence-corrected chi connectivity index (χ2v) is 4.80. The Morgan fingerprint density at radius 2 is 1.39 bits per heavy atom. The van der Waals surface area contributed by atoms with Crippen LogP contribution < -0.4 is 9.47 Å². The summed E-state index contributed by atoms with van der Waals surface area (Å²) < 4.78 is 15.9. The van der Waals surface area contributed by atoms with Crippen molar-refractivity contribution in [2.75, 3.05) is 14.2 Å². The molecule has 0 amide bonds. The van der Waals surface area contributed by atoms with E-state index in [1.54, 1.807) is 14.2 Å². The third kappa shape index (κ3) is 2.94. The minimum Gasteiger partial charge on any atom is -0.497 e. The fourth-order valence-electron chi connectivity index (χ4n) is 2.27. The van der Waals surface area contributed by atoms with E-state index in [4.69, 9.17) is 13.9 Å². The van der Waals surface area contributed by atoms with Gasteiger partial charge in [0.15, 0.2) is 5.76 Å². The number of nitrogens with zero attached hydrogens (tertiary/aromatic N) is 1. The second kappa shape index (κ2) is 6.36. The number of oxazole rings is 1. The molecule has 23 heavy (non-hydrogen) atoms. The van der Waals surface area contributed by atoms with E-state index in [0.717, 1.165) is 22.6 Å². The molecule has 1 heterocycles. The standard InChI is InChI=1S/C18H15NO4/c1-21-14-7-3-12(4-8-14)17-18(23-16(11-20)19-17)13-5-9-15(22-2)10-6-13/h3-11H,1-2H3. The highest BCUT2D eigenvalue weighted by molar-refractivity contribution is 5.80. The van der Waals surface area contributed by atoms with Crippen molar-refractivity contribution in [2.45, 2.75) is 0 Å². The Labute approximate surface area is 133 Å². The predicted octanol–water partition coefficient (Wildman–Crippen LogP) is 3.84. The van der Waals surface area contributed by atoms with Crippen LogP contribution in [0.5, 0.6) is 11.5 Å². The molecule has 0 bridgehead atoms. The summed E-state index contributed by atoms with van der Waals surface area (Å²) in [6.45, 7) is 0. The molecule has 2 aromatic carbocycles. The summed E-state index contributed by atoms with van der Waals surface area (Å²) in [5, 5.41) is 0. The number of hydrogen-bond donors (Lipinski definition) is 0. The summed E-state index contributed by atoms with van der Waals surface area (Å²) in [5.41, 5.74) is 2.27. The van der Waals surface area contributed by atoms with Crippen LogP contribution in [0.25, 0.3) is 22.6 Å². The van der Waals surface area contributed by atoms with Crippen molar-refractivity contribution in [3.8, 4) is 34.1 Å². The van der Waals surface area contributed by atoms with Gasteiger partial charge in [-0.1, -0.05) is 0 Å². The molecule has 0 radical (unpaired) electrons. The molecule has 0 unspecified atom stereocenters. The summed E-state index contributed by atoms with van der Waals surface area (Å²) in [6, 6.07) is 14.8. The van der Waals surface area contributed by atoms with Gasteiger partial charge in [-0.05, 0) is 48.5 Å². The van der Waals surface area contributed by atoms with Crippen molar-refractivity contribution in [2.24, 2.45) is 0 Å². The number of aromatic nitrogens is 1. The minimum absolute atomic E-state index is 0.0432. The molecule has 0 atom stereocenters. The van der Waals surface area contributed by atoms with Gasteiger partial charge in [0.25, 0.3) is 5.89 Å². The zero-order valence-corrected chi connectivity index (χ0v) is 12.8. The van der Waals surface area contributed by atoms with Crippen molar-refractivity contribution in [1.82, 2.24) is 4.98 Å². The zero-order valence-electron chi connectivity index (χ0n) is 12.8. The van der Waals surface area contributed by atoms with E-state index < -0.39 is 0 Å². The average molecular weight is 309 g/mol. The molecule has 0 N–H and O–H groups in total. The van der Waals surface area contributed by atoms with E-state index in [-0.39, 0.29) is 5.89 Å². The maximum absolute atomic E-state index is 11.0. The van der Waals surface area contributed by atoms with Crippen molar-refractivity contribution >= 4 is 6.29 Å². The number of methoxy groups -OCH3 is 2. The molecule has 0 aliphatic carbocycles. The first kappa shape index (κ1) is 14.8. The SMILES string of the molecule is COc1ccc(-c2nc(C=O)oc2-c2ccc(OC)cc2)cc1. The van der Waals surface area contributed by atoms with Gasteiger partial charge in [-0.2, -0.15) is 0 Å². The smallest absolute Gasteiger partial charge is 0.260 e. The maximum atomic E-state index is 11.0. The van der Waals surface area contributed by atoms with E-state index in [2.05, 4.69) is 4.98 Å². The van der Waals surface area contributed by atoms with Gasteiger partial charge in [0.05, 0.1) is 14.2 Å². The van der Waals surface area contributed by atoms with Crippen molar-refractivity contribution in [3.05, 3.63) is 54.4 Å². The first-order chi connectivity index (χ1) is 11.2. The third-order valence-electron chi connectivity index (χ3n) is 3.46. The summed E-state index contributed by atoms with van der Waals surface area (Å²) in [6.07, 6.45) is 0.597. The summed E-state index contributed by atoms with van der Waals surface area (Å²) >= 11 is 0. The van der Waals surface area contributed by atoms with Crippen LogP contribution in [0.1, 0.15) is 10.7 Å². The van der Waals surface area contributed by atoms with Crippen LogP contribution in [0.2, 0.25) is 0 Å². The summed E-state index contributed by atoms with van der Waals surface area (Å²) in [5.74, 6) is 2.08. The molecule has 1 aromatic heterocycles. The highest BCUT2D eigenvalue weighted by Gasteiger charge is 2.16. The largest absolute Gasteiger partial charge is 0.497 e. The lowest BCUT2D eigenvalue weighted by atomic mass is 10.1. The fourth-order valence-corrected chi connectivity index (χ4v) is 2.27. The number of hydrogen-bond acceptors (Lipinski definition) is 5. The van der Waals surface area contributed by atoms with Gasteiger partial charge in [-0.3, -0.25) is 4.79 Å². The number of carbonyl (C=O) groups is 1.